The second-order valence-electron chi connectivity index (χ2n) is 8.48. The van der Waals surface area contributed by atoms with Crippen molar-refractivity contribution in [1.82, 2.24) is 10.3 Å². The highest BCUT2D eigenvalue weighted by Crippen LogP contribution is 2.44. The van der Waals surface area contributed by atoms with Gasteiger partial charge in [0.2, 0.25) is 5.91 Å². The van der Waals surface area contributed by atoms with Gasteiger partial charge in [-0.05, 0) is 34.7 Å². The van der Waals surface area contributed by atoms with Gasteiger partial charge in [-0.2, -0.15) is 0 Å². The van der Waals surface area contributed by atoms with E-state index in [1.54, 1.807) is 0 Å². The number of nitrogens with one attached hydrogen (secondary N) is 2. The molecule has 2 amide bonds. The smallest absolute Gasteiger partial charge is 0.407 e. The van der Waals surface area contributed by atoms with Crippen LogP contribution in [0.1, 0.15) is 53.6 Å². The number of aromatic carboxylic acids is 1. The number of pyridine rings is 1. The first-order chi connectivity index (χ1) is 17.0. The Bertz CT molecular complexity index is 1200. The zero-order valence-electron chi connectivity index (χ0n) is 19.4. The number of carboxylic acid groups (broad SMARTS) is 1. The maximum Gasteiger partial charge on any atom is 0.407 e. The molecule has 0 spiro atoms. The Labute approximate surface area is 203 Å². The van der Waals surface area contributed by atoms with Crippen LogP contribution < -0.4 is 10.6 Å². The summed E-state index contributed by atoms with van der Waals surface area (Å²) in [6.45, 7) is 2.16. The minimum atomic E-state index is -1.13. The van der Waals surface area contributed by atoms with E-state index in [-0.39, 0.29) is 36.1 Å². The van der Waals surface area contributed by atoms with E-state index in [0.29, 0.717) is 6.42 Å². The van der Waals surface area contributed by atoms with E-state index < -0.39 is 18.1 Å². The van der Waals surface area contributed by atoms with Gasteiger partial charge >= 0.3 is 12.1 Å². The van der Waals surface area contributed by atoms with Gasteiger partial charge < -0.3 is 20.5 Å². The number of nitrogens with zero attached hydrogens (tertiary/aromatic N) is 1. The number of rotatable bonds is 9. The fourth-order valence-corrected chi connectivity index (χ4v) is 4.44. The lowest BCUT2D eigenvalue weighted by Gasteiger charge is -2.19. The summed E-state index contributed by atoms with van der Waals surface area (Å²) in [6, 6.07) is 17.1. The average molecular weight is 474 g/mol. The van der Waals surface area contributed by atoms with Gasteiger partial charge in [-0.15, -0.1) is 0 Å². The standard InChI is InChI=1S/C27H27N3O5/c1-2-7-18(13-25(31)29-19-12-17(26(32)33)14-28-15-19)30-27(34)35-16-24-22-10-5-3-8-20(22)21-9-4-6-11-23(21)24/h3-6,8-12,14-15,18,24H,2,7,13,16H2,1H3,(H,29,31)(H,30,34)(H,32,33)/t18-/m0/s1. The van der Waals surface area contributed by atoms with Crippen LogP contribution in [-0.2, 0) is 9.53 Å². The molecule has 0 bridgehead atoms. The molecule has 8 nitrogen and oxygen atoms in total. The van der Waals surface area contributed by atoms with Crippen LogP contribution in [0.15, 0.2) is 67.0 Å². The van der Waals surface area contributed by atoms with Crippen molar-refractivity contribution in [1.29, 1.82) is 0 Å². The molecule has 0 saturated carbocycles. The maximum atomic E-state index is 12.6. The minimum absolute atomic E-state index is 0.0231. The molecule has 2 aromatic carbocycles. The van der Waals surface area contributed by atoms with E-state index >= 15 is 0 Å². The molecule has 1 aliphatic rings. The van der Waals surface area contributed by atoms with Gasteiger partial charge in [0.15, 0.2) is 0 Å². The molecule has 1 atom stereocenters. The Balaban J connectivity index is 1.35. The molecule has 1 aromatic heterocycles. The highest BCUT2D eigenvalue weighted by molar-refractivity contribution is 5.93. The fraction of sp³-hybridized carbons (Fsp3) is 0.259. The number of anilines is 1. The fourth-order valence-electron chi connectivity index (χ4n) is 4.44. The number of carboxylic acids is 1. The van der Waals surface area contributed by atoms with Gasteiger partial charge in [0.25, 0.3) is 0 Å². The Morgan fingerprint density at radius 2 is 1.69 bits per heavy atom. The first kappa shape index (κ1) is 23.9. The van der Waals surface area contributed by atoms with Gasteiger partial charge in [0, 0.05) is 24.6 Å². The first-order valence-corrected chi connectivity index (χ1v) is 11.6. The summed E-state index contributed by atoms with van der Waals surface area (Å²) in [4.78, 5) is 40.1. The van der Waals surface area contributed by atoms with E-state index in [0.717, 1.165) is 28.7 Å². The predicted octanol–water partition coefficient (Wildman–Crippen LogP) is 4.82. The summed E-state index contributed by atoms with van der Waals surface area (Å²) in [7, 11) is 0. The monoisotopic (exact) mass is 473 g/mol. The summed E-state index contributed by atoms with van der Waals surface area (Å²) in [5.74, 6) is -1.53. The number of benzene rings is 2. The van der Waals surface area contributed by atoms with Crippen molar-refractivity contribution in [3.05, 3.63) is 83.7 Å². The van der Waals surface area contributed by atoms with Gasteiger partial charge in [0.1, 0.15) is 6.61 Å². The Hall–Kier alpha value is -4.20. The minimum Gasteiger partial charge on any atom is -0.478 e. The molecule has 0 radical (unpaired) electrons. The van der Waals surface area contributed by atoms with Crippen molar-refractivity contribution in [3.63, 3.8) is 0 Å². The Kier molecular flexibility index (Phi) is 7.40. The van der Waals surface area contributed by atoms with Gasteiger partial charge in [0.05, 0.1) is 17.4 Å². The van der Waals surface area contributed by atoms with Crippen molar-refractivity contribution in [2.75, 3.05) is 11.9 Å². The molecule has 35 heavy (non-hydrogen) atoms. The Morgan fingerprint density at radius 3 is 2.31 bits per heavy atom. The van der Waals surface area contributed by atoms with Crippen molar-refractivity contribution in [3.8, 4) is 11.1 Å². The molecule has 0 fully saturated rings. The van der Waals surface area contributed by atoms with Gasteiger partial charge in [-0.1, -0.05) is 61.9 Å². The predicted molar refractivity (Wildman–Crippen MR) is 131 cm³/mol. The van der Waals surface area contributed by atoms with Crippen LogP contribution in [0, 0.1) is 0 Å². The van der Waals surface area contributed by atoms with Crippen LogP contribution in [0.4, 0.5) is 10.5 Å². The zero-order valence-corrected chi connectivity index (χ0v) is 19.4. The van der Waals surface area contributed by atoms with Crippen LogP contribution in [0.5, 0.6) is 0 Å². The summed E-state index contributed by atoms with van der Waals surface area (Å²) >= 11 is 0. The van der Waals surface area contributed by atoms with E-state index in [1.165, 1.54) is 18.5 Å². The number of aromatic nitrogens is 1. The van der Waals surface area contributed by atoms with Crippen LogP contribution in [0.25, 0.3) is 11.1 Å². The SMILES string of the molecule is CCC[C@@H](CC(=O)Nc1cncc(C(=O)O)c1)NC(=O)OCC1c2ccccc2-c2ccccc21. The van der Waals surface area contributed by atoms with Crippen LogP contribution in [0.3, 0.4) is 0 Å². The third-order valence-electron chi connectivity index (χ3n) is 6.00. The Morgan fingerprint density at radius 1 is 1.03 bits per heavy atom. The van der Waals surface area contributed by atoms with E-state index in [9.17, 15) is 14.4 Å². The van der Waals surface area contributed by atoms with Crippen molar-refractivity contribution < 1.29 is 24.2 Å². The van der Waals surface area contributed by atoms with Crippen molar-refractivity contribution in [2.24, 2.45) is 0 Å². The number of hydrogen-bond acceptors (Lipinski definition) is 5. The molecule has 1 aliphatic carbocycles. The number of fused-ring (bicyclic) bond motifs is 3. The number of amides is 2. The summed E-state index contributed by atoms with van der Waals surface area (Å²) in [5, 5.41) is 14.5. The second kappa shape index (κ2) is 10.8. The highest BCUT2D eigenvalue weighted by atomic mass is 16.5. The lowest BCUT2D eigenvalue weighted by Crippen LogP contribution is -2.38. The molecule has 3 N–H and O–H groups in total. The number of carbonyl (C=O) groups excluding carboxylic acids is 2. The molecule has 4 rings (SSSR count). The molecule has 0 saturated heterocycles. The summed E-state index contributed by atoms with van der Waals surface area (Å²) < 4.78 is 5.60. The average Bonchev–Trinajstić information content (AvgIpc) is 3.16. The molecule has 1 heterocycles. The topological polar surface area (TPSA) is 118 Å². The second-order valence-corrected chi connectivity index (χ2v) is 8.48. The molecular weight excluding hydrogens is 446 g/mol. The molecule has 8 heteroatoms. The van der Waals surface area contributed by atoms with Gasteiger partial charge in [-0.25, -0.2) is 9.59 Å². The number of hydrogen-bond donors (Lipinski definition) is 3. The molecule has 180 valence electrons. The van der Waals surface area contributed by atoms with Crippen LogP contribution in [0.2, 0.25) is 0 Å². The highest BCUT2D eigenvalue weighted by Gasteiger charge is 2.29. The summed E-state index contributed by atoms with van der Waals surface area (Å²) in [5.41, 5.74) is 4.82. The van der Waals surface area contributed by atoms with Crippen molar-refractivity contribution in [2.45, 2.75) is 38.1 Å². The van der Waals surface area contributed by atoms with E-state index in [2.05, 4.69) is 39.9 Å². The maximum absolute atomic E-state index is 12.6. The molecule has 3 aromatic rings. The lowest BCUT2D eigenvalue weighted by atomic mass is 9.98. The zero-order chi connectivity index (χ0) is 24.8. The van der Waals surface area contributed by atoms with Gasteiger partial charge in [-0.3, -0.25) is 9.78 Å². The van der Waals surface area contributed by atoms with Crippen LogP contribution in [-0.4, -0.2) is 40.7 Å². The molecule has 0 aliphatic heterocycles. The molecule has 0 unspecified atom stereocenters. The number of alkyl carbamates (subject to hydrolysis) is 1. The number of carbonyl (C=O) groups is 3. The first-order valence-electron chi connectivity index (χ1n) is 11.6. The largest absolute Gasteiger partial charge is 0.478 e. The summed E-state index contributed by atoms with van der Waals surface area (Å²) in [6.07, 6.45) is 3.37. The van der Waals surface area contributed by atoms with Crippen molar-refractivity contribution >= 4 is 23.7 Å². The lowest BCUT2D eigenvalue weighted by molar-refractivity contribution is -0.116. The third-order valence-corrected chi connectivity index (χ3v) is 6.00. The third kappa shape index (κ3) is 5.66. The quantitative estimate of drug-likeness (QED) is 0.410. The molecular formula is C27H27N3O5. The van der Waals surface area contributed by atoms with Crippen LogP contribution >= 0.6 is 0 Å². The van der Waals surface area contributed by atoms with E-state index in [1.807, 2.05) is 31.2 Å². The normalized spacial score (nSPS) is 12.8. The number of ether oxygens (including phenoxy) is 1. The van der Waals surface area contributed by atoms with E-state index in [4.69, 9.17) is 9.84 Å².